The van der Waals surface area contributed by atoms with Gasteiger partial charge in [-0.25, -0.2) is 0 Å². The van der Waals surface area contributed by atoms with Gasteiger partial charge < -0.3 is 14.8 Å². The second kappa shape index (κ2) is 9.74. The van der Waals surface area contributed by atoms with Gasteiger partial charge in [0.05, 0.1) is 5.69 Å². The van der Waals surface area contributed by atoms with Gasteiger partial charge in [-0.3, -0.25) is 4.79 Å². The summed E-state index contributed by atoms with van der Waals surface area (Å²) < 4.78 is 2.42. The molecular formula is C28H33N3O. The summed E-state index contributed by atoms with van der Waals surface area (Å²) in [5.41, 5.74) is 7.27. The number of rotatable bonds is 6. The molecule has 1 N–H and O–H groups in total. The molecule has 0 radical (unpaired) electrons. The Balaban J connectivity index is 1.38. The van der Waals surface area contributed by atoms with Crippen molar-refractivity contribution in [3.63, 3.8) is 0 Å². The number of nitrogens with one attached hydrogen (secondary N) is 1. The molecule has 2 aromatic carbocycles. The van der Waals surface area contributed by atoms with Crippen LogP contribution in [0.25, 0.3) is 16.9 Å². The lowest BCUT2D eigenvalue weighted by Crippen LogP contribution is -2.33. The van der Waals surface area contributed by atoms with E-state index in [0.29, 0.717) is 6.54 Å². The molecule has 0 bridgehead atoms. The summed E-state index contributed by atoms with van der Waals surface area (Å²) in [6.07, 6.45) is 8.63. The number of fused-ring (bicyclic) bond motifs is 1. The van der Waals surface area contributed by atoms with Crippen molar-refractivity contribution in [2.45, 2.75) is 44.9 Å². The zero-order valence-electron chi connectivity index (χ0n) is 18.9. The second-order valence-corrected chi connectivity index (χ2v) is 9.12. The maximum absolute atomic E-state index is 12.6. The van der Waals surface area contributed by atoms with Crippen LogP contribution in [-0.2, 0) is 12.8 Å². The van der Waals surface area contributed by atoms with Crippen molar-refractivity contribution in [3.8, 4) is 16.9 Å². The van der Waals surface area contributed by atoms with Crippen LogP contribution in [0.4, 0.5) is 0 Å². The van der Waals surface area contributed by atoms with Gasteiger partial charge in [0.15, 0.2) is 0 Å². The van der Waals surface area contributed by atoms with Gasteiger partial charge >= 0.3 is 0 Å². The summed E-state index contributed by atoms with van der Waals surface area (Å²) >= 11 is 0. The maximum atomic E-state index is 12.6. The molecule has 1 aromatic heterocycles. The zero-order valence-corrected chi connectivity index (χ0v) is 18.9. The van der Waals surface area contributed by atoms with Gasteiger partial charge in [0.1, 0.15) is 0 Å². The SMILES string of the molecule is O=C(NCCN1CCCC1)c1ccc(-n2c(-c3ccccc3)cc3c2CCCCC3)cc1. The van der Waals surface area contributed by atoms with E-state index in [4.69, 9.17) is 0 Å². The van der Waals surface area contributed by atoms with Crippen LogP contribution >= 0.6 is 0 Å². The van der Waals surface area contributed by atoms with Gasteiger partial charge in [0.25, 0.3) is 5.91 Å². The number of amides is 1. The van der Waals surface area contributed by atoms with E-state index in [-0.39, 0.29) is 5.91 Å². The van der Waals surface area contributed by atoms with E-state index in [0.717, 1.165) is 43.7 Å². The predicted molar refractivity (Wildman–Crippen MR) is 130 cm³/mol. The first kappa shape index (κ1) is 21.0. The molecular weight excluding hydrogens is 394 g/mol. The number of nitrogens with zero attached hydrogens (tertiary/aromatic N) is 2. The number of aromatic nitrogens is 1. The maximum Gasteiger partial charge on any atom is 0.251 e. The van der Waals surface area contributed by atoms with Gasteiger partial charge in [-0.15, -0.1) is 0 Å². The highest BCUT2D eigenvalue weighted by Gasteiger charge is 2.19. The Hall–Kier alpha value is -2.85. The molecule has 1 saturated heterocycles. The van der Waals surface area contributed by atoms with Crippen molar-refractivity contribution in [2.75, 3.05) is 26.2 Å². The molecule has 1 amide bonds. The lowest BCUT2D eigenvalue weighted by atomic mass is 10.1. The van der Waals surface area contributed by atoms with Crippen molar-refractivity contribution in [1.82, 2.24) is 14.8 Å². The molecule has 0 atom stereocenters. The summed E-state index contributed by atoms with van der Waals surface area (Å²) in [5, 5.41) is 3.09. The van der Waals surface area contributed by atoms with Crippen molar-refractivity contribution in [3.05, 3.63) is 77.5 Å². The van der Waals surface area contributed by atoms with Crippen LogP contribution in [0.1, 0.15) is 53.7 Å². The van der Waals surface area contributed by atoms with E-state index in [1.54, 1.807) is 0 Å². The second-order valence-electron chi connectivity index (χ2n) is 9.12. The van der Waals surface area contributed by atoms with Crippen molar-refractivity contribution in [2.24, 2.45) is 0 Å². The topological polar surface area (TPSA) is 37.3 Å². The number of aryl methyl sites for hydroxylation is 1. The van der Waals surface area contributed by atoms with Crippen molar-refractivity contribution < 1.29 is 4.79 Å². The van der Waals surface area contributed by atoms with Gasteiger partial charge in [-0.2, -0.15) is 0 Å². The molecule has 1 aliphatic carbocycles. The number of carbonyl (C=O) groups is 1. The number of benzene rings is 2. The summed E-state index contributed by atoms with van der Waals surface area (Å²) in [6, 6.07) is 21.2. The average molecular weight is 428 g/mol. The van der Waals surface area contributed by atoms with Crippen LogP contribution in [-0.4, -0.2) is 41.6 Å². The molecule has 32 heavy (non-hydrogen) atoms. The molecule has 1 aliphatic heterocycles. The van der Waals surface area contributed by atoms with Crippen LogP contribution in [0.15, 0.2) is 60.7 Å². The van der Waals surface area contributed by atoms with Gasteiger partial charge in [-0.1, -0.05) is 36.8 Å². The minimum absolute atomic E-state index is 0.0189. The fourth-order valence-corrected chi connectivity index (χ4v) is 5.19. The molecule has 2 heterocycles. The quantitative estimate of drug-likeness (QED) is 0.546. The fraction of sp³-hybridized carbons (Fsp3) is 0.393. The lowest BCUT2D eigenvalue weighted by molar-refractivity contribution is 0.0950. The third kappa shape index (κ3) is 4.51. The molecule has 0 spiro atoms. The largest absolute Gasteiger partial charge is 0.351 e. The van der Waals surface area contributed by atoms with Crippen LogP contribution in [0.3, 0.4) is 0 Å². The minimum Gasteiger partial charge on any atom is -0.351 e. The van der Waals surface area contributed by atoms with E-state index >= 15 is 0 Å². The van der Waals surface area contributed by atoms with Crippen LogP contribution in [0.5, 0.6) is 0 Å². The highest BCUT2D eigenvalue weighted by molar-refractivity contribution is 5.94. The third-order valence-corrected chi connectivity index (χ3v) is 6.92. The Morgan fingerprint density at radius 3 is 2.38 bits per heavy atom. The van der Waals surface area contributed by atoms with Crippen LogP contribution in [0, 0.1) is 0 Å². The normalized spacial score (nSPS) is 16.5. The van der Waals surface area contributed by atoms with E-state index in [2.05, 4.69) is 63.3 Å². The average Bonchev–Trinajstić information content (AvgIpc) is 3.42. The molecule has 4 heteroatoms. The highest BCUT2D eigenvalue weighted by Crippen LogP contribution is 2.33. The highest BCUT2D eigenvalue weighted by atomic mass is 16.1. The number of hydrogen-bond acceptors (Lipinski definition) is 2. The first-order chi connectivity index (χ1) is 15.8. The Morgan fingerprint density at radius 2 is 1.59 bits per heavy atom. The number of carbonyl (C=O) groups excluding carboxylic acids is 1. The first-order valence-corrected chi connectivity index (χ1v) is 12.2. The fourth-order valence-electron chi connectivity index (χ4n) is 5.19. The molecule has 5 rings (SSSR count). The lowest BCUT2D eigenvalue weighted by Gasteiger charge is -2.16. The Bertz CT molecular complexity index is 1050. The zero-order chi connectivity index (χ0) is 21.8. The van der Waals surface area contributed by atoms with E-state index in [1.807, 2.05) is 12.1 Å². The van der Waals surface area contributed by atoms with E-state index < -0.39 is 0 Å². The first-order valence-electron chi connectivity index (χ1n) is 12.2. The van der Waals surface area contributed by atoms with E-state index in [9.17, 15) is 4.79 Å². The molecule has 3 aromatic rings. The standard InChI is InChI=1S/C28H33N3O/c32-28(29-17-20-30-18-7-8-19-30)23-13-15-25(16-14-23)31-26-12-6-2-5-11-24(26)21-27(31)22-9-3-1-4-10-22/h1,3-4,9-10,13-16,21H,2,5-8,11-12,17-20H2,(H,29,32). The van der Waals surface area contributed by atoms with E-state index in [1.165, 1.54) is 54.6 Å². The van der Waals surface area contributed by atoms with Gasteiger partial charge in [0, 0.05) is 30.0 Å². The Morgan fingerprint density at radius 1 is 0.844 bits per heavy atom. The monoisotopic (exact) mass is 427 g/mol. The Labute approximate surface area is 191 Å². The van der Waals surface area contributed by atoms with Crippen molar-refractivity contribution in [1.29, 1.82) is 0 Å². The van der Waals surface area contributed by atoms with Crippen LogP contribution in [0.2, 0.25) is 0 Å². The van der Waals surface area contributed by atoms with Crippen LogP contribution < -0.4 is 5.32 Å². The molecule has 2 aliphatic rings. The third-order valence-electron chi connectivity index (χ3n) is 6.92. The predicted octanol–water partition coefficient (Wildman–Crippen LogP) is 5.24. The van der Waals surface area contributed by atoms with Crippen molar-refractivity contribution >= 4 is 5.91 Å². The smallest absolute Gasteiger partial charge is 0.251 e. The number of hydrogen-bond donors (Lipinski definition) is 1. The molecule has 0 saturated carbocycles. The summed E-state index contributed by atoms with van der Waals surface area (Å²) in [6.45, 7) is 3.98. The molecule has 4 nitrogen and oxygen atoms in total. The summed E-state index contributed by atoms with van der Waals surface area (Å²) in [7, 11) is 0. The molecule has 166 valence electrons. The number of likely N-dealkylation sites (tertiary alicyclic amines) is 1. The Kier molecular flexibility index (Phi) is 6.40. The summed E-state index contributed by atoms with van der Waals surface area (Å²) in [4.78, 5) is 15.1. The van der Waals surface area contributed by atoms with Gasteiger partial charge in [0.2, 0.25) is 0 Å². The molecule has 1 fully saturated rings. The summed E-state index contributed by atoms with van der Waals surface area (Å²) in [5.74, 6) is 0.0189. The molecule has 0 unspecified atom stereocenters. The minimum atomic E-state index is 0.0189. The van der Waals surface area contributed by atoms with Gasteiger partial charge in [-0.05, 0) is 93.1 Å².